The van der Waals surface area contributed by atoms with E-state index < -0.39 is 11.8 Å². The molecule has 0 atom stereocenters. The van der Waals surface area contributed by atoms with Crippen molar-refractivity contribution >= 4 is 23.4 Å². The quantitative estimate of drug-likeness (QED) is 0.576. The molecule has 1 aliphatic heterocycles. The maximum Gasteiger partial charge on any atom is 0.262 e. The molecule has 3 rings (SSSR count). The molecule has 0 saturated carbocycles. The molecule has 0 spiro atoms. The smallest absolute Gasteiger partial charge is 0.262 e. The molecule has 0 fully saturated rings. The first-order chi connectivity index (χ1) is 13.1. The summed E-state index contributed by atoms with van der Waals surface area (Å²) >= 11 is 0. The summed E-state index contributed by atoms with van der Waals surface area (Å²) in [6.07, 6.45) is 0.774. The lowest BCUT2D eigenvalue weighted by Crippen LogP contribution is -2.41. The van der Waals surface area contributed by atoms with Crippen LogP contribution in [0.15, 0.2) is 54.6 Å². The second-order valence-electron chi connectivity index (χ2n) is 6.36. The van der Waals surface area contributed by atoms with Crippen LogP contribution in [0.25, 0.3) is 0 Å². The number of benzene rings is 2. The summed E-state index contributed by atoms with van der Waals surface area (Å²) in [4.78, 5) is 39.9. The van der Waals surface area contributed by atoms with Crippen molar-refractivity contribution in [3.05, 3.63) is 65.7 Å². The van der Waals surface area contributed by atoms with Crippen LogP contribution < -0.4 is 10.2 Å². The van der Waals surface area contributed by atoms with Gasteiger partial charge in [-0.2, -0.15) is 0 Å². The fraction of sp³-hybridized carbons (Fsp3) is 0.286. The van der Waals surface area contributed by atoms with Crippen LogP contribution in [-0.2, 0) is 4.79 Å². The third-order valence-electron chi connectivity index (χ3n) is 4.61. The van der Waals surface area contributed by atoms with E-state index >= 15 is 0 Å². The van der Waals surface area contributed by atoms with Gasteiger partial charge in [0, 0.05) is 25.3 Å². The molecule has 0 aliphatic carbocycles. The molecule has 0 bridgehead atoms. The number of hydrogen-bond donors (Lipinski definition) is 1. The Morgan fingerprint density at radius 1 is 0.963 bits per heavy atom. The normalized spacial score (nSPS) is 12.9. The highest BCUT2D eigenvalue weighted by molar-refractivity contribution is 6.22. The van der Waals surface area contributed by atoms with E-state index in [2.05, 4.69) is 29.3 Å². The molecule has 0 radical (unpaired) electrons. The van der Waals surface area contributed by atoms with Crippen molar-refractivity contribution in [2.45, 2.75) is 13.3 Å². The van der Waals surface area contributed by atoms with E-state index in [1.54, 1.807) is 24.3 Å². The molecule has 0 saturated heterocycles. The minimum absolute atomic E-state index is 0.247. The highest BCUT2D eigenvalue weighted by Crippen LogP contribution is 2.21. The van der Waals surface area contributed by atoms with E-state index in [0.717, 1.165) is 30.1 Å². The van der Waals surface area contributed by atoms with E-state index in [4.69, 9.17) is 0 Å². The number of imide groups is 1. The predicted octanol–water partition coefficient (Wildman–Crippen LogP) is 2.32. The van der Waals surface area contributed by atoms with Gasteiger partial charge in [-0.3, -0.25) is 19.3 Å². The Balaban J connectivity index is 1.45. The third-order valence-corrected chi connectivity index (χ3v) is 4.61. The van der Waals surface area contributed by atoms with Crippen molar-refractivity contribution in [3.63, 3.8) is 0 Å². The molecule has 1 N–H and O–H groups in total. The number of rotatable bonds is 8. The molecular formula is C21H23N3O3. The van der Waals surface area contributed by atoms with Gasteiger partial charge in [-0.15, -0.1) is 0 Å². The molecule has 0 aromatic heterocycles. The number of nitrogens with one attached hydrogen (secondary N) is 1. The SMILES string of the molecule is CCN(CCCNC(=O)CN1C(=O)c2ccccc2C1=O)c1ccccc1. The van der Waals surface area contributed by atoms with Crippen LogP contribution in [0, 0.1) is 0 Å². The van der Waals surface area contributed by atoms with Crippen LogP contribution in [0.5, 0.6) is 0 Å². The molecule has 140 valence electrons. The molecule has 1 heterocycles. The van der Waals surface area contributed by atoms with Gasteiger partial charge in [-0.1, -0.05) is 30.3 Å². The summed E-state index contributed by atoms with van der Waals surface area (Å²) in [6.45, 7) is 4.03. The molecule has 6 heteroatoms. The minimum atomic E-state index is -0.410. The number of para-hydroxylation sites is 1. The minimum Gasteiger partial charge on any atom is -0.372 e. The van der Waals surface area contributed by atoms with E-state index in [0.29, 0.717) is 17.7 Å². The third kappa shape index (κ3) is 4.16. The van der Waals surface area contributed by atoms with Gasteiger partial charge in [0.15, 0.2) is 0 Å². The van der Waals surface area contributed by atoms with E-state index in [-0.39, 0.29) is 12.5 Å². The van der Waals surface area contributed by atoms with Gasteiger partial charge in [-0.25, -0.2) is 0 Å². The number of nitrogens with zero attached hydrogens (tertiary/aromatic N) is 2. The number of carbonyl (C=O) groups excluding carboxylic acids is 3. The first-order valence-corrected chi connectivity index (χ1v) is 9.13. The van der Waals surface area contributed by atoms with Gasteiger partial charge in [0.2, 0.25) is 5.91 Å². The topological polar surface area (TPSA) is 69.7 Å². The lowest BCUT2D eigenvalue weighted by atomic mass is 10.1. The van der Waals surface area contributed by atoms with Crippen molar-refractivity contribution in [2.75, 3.05) is 31.1 Å². The zero-order valence-corrected chi connectivity index (χ0v) is 15.4. The van der Waals surface area contributed by atoms with Gasteiger partial charge >= 0.3 is 0 Å². The summed E-state index contributed by atoms with van der Waals surface area (Å²) in [5.41, 5.74) is 1.87. The summed E-state index contributed by atoms with van der Waals surface area (Å²) in [5.74, 6) is -1.15. The van der Waals surface area contributed by atoms with Crippen molar-refractivity contribution in [2.24, 2.45) is 0 Å². The fourth-order valence-electron chi connectivity index (χ4n) is 3.19. The van der Waals surface area contributed by atoms with Crippen molar-refractivity contribution in [1.82, 2.24) is 10.2 Å². The first kappa shape index (κ1) is 18.6. The zero-order valence-electron chi connectivity index (χ0n) is 15.4. The largest absolute Gasteiger partial charge is 0.372 e. The van der Waals surface area contributed by atoms with Crippen molar-refractivity contribution in [1.29, 1.82) is 0 Å². The zero-order chi connectivity index (χ0) is 19.2. The van der Waals surface area contributed by atoms with Crippen LogP contribution in [0.3, 0.4) is 0 Å². The average molecular weight is 365 g/mol. The number of carbonyl (C=O) groups is 3. The van der Waals surface area contributed by atoms with Gasteiger partial charge < -0.3 is 10.2 Å². The number of anilines is 1. The highest BCUT2D eigenvalue weighted by atomic mass is 16.2. The maximum atomic E-state index is 12.3. The molecule has 0 unspecified atom stereocenters. The molecule has 3 amide bonds. The molecule has 2 aromatic rings. The van der Waals surface area contributed by atoms with Gasteiger partial charge in [0.05, 0.1) is 11.1 Å². The standard InChI is InChI=1S/C21H23N3O3/c1-2-23(16-9-4-3-5-10-16)14-8-13-22-19(25)15-24-20(26)17-11-6-7-12-18(17)21(24)27/h3-7,9-12H,2,8,13-15H2,1H3,(H,22,25). The van der Waals surface area contributed by atoms with Gasteiger partial charge in [0.1, 0.15) is 6.54 Å². The molecule has 27 heavy (non-hydrogen) atoms. The number of fused-ring (bicyclic) bond motifs is 1. The van der Waals surface area contributed by atoms with Crippen molar-refractivity contribution < 1.29 is 14.4 Å². The molecular weight excluding hydrogens is 342 g/mol. The van der Waals surface area contributed by atoms with Crippen LogP contribution in [-0.4, -0.2) is 48.8 Å². The average Bonchev–Trinajstić information content (AvgIpc) is 2.94. The Kier molecular flexibility index (Phi) is 5.86. The van der Waals surface area contributed by atoms with E-state index in [1.807, 2.05) is 18.2 Å². The van der Waals surface area contributed by atoms with Crippen LogP contribution >= 0.6 is 0 Å². The predicted molar refractivity (Wildman–Crippen MR) is 104 cm³/mol. The first-order valence-electron chi connectivity index (χ1n) is 9.13. The van der Waals surface area contributed by atoms with E-state index in [9.17, 15) is 14.4 Å². The lowest BCUT2D eigenvalue weighted by Gasteiger charge is -2.23. The summed E-state index contributed by atoms with van der Waals surface area (Å²) in [5, 5.41) is 2.80. The summed E-state index contributed by atoms with van der Waals surface area (Å²) < 4.78 is 0. The Labute approximate surface area is 158 Å². The Morgan fingerprint density at radius 2 is 1.56 bits per heavy atom. The second kappa shape index (κ2) is 8.49. The van der Waals surface area contributed by atoms with Crippen molar-refractivity contribution in [3.8, 4) is 0 Å². The van der Waals surface area contributed by atoms with Crippen LogP contribution in [0.2, 0.25) is 0 Å². The number of hydrogen-bond acceptors (Lipinski definition) is 4. The summed E-state index contributed by atoms with van der Waals surface area (Å²) in [6, 6.07) is 16.7. The molecule has 2 aromatic carbocycles. The Bertz CT molecular complexity index is 801. The Morgan fingerprint density at radius 3 is 2.15 bits per heavy atom. The van der Waals surface area contributed by atoms with E-state index in [1.165, 1.54) is 0 Å². The molecule has 6 nitrogen and oxygen atoms in total. The Hall–Kier alpha value is -3.15. The van der Waals surface area contributed by atoms with Crippen LogP contribution in [0.1, 0.15) is 34.1 Å². The van der Waals surface area contributed by atoms with Crippen LogP contribution in [0.4, 0.5) is 5.69 Å². The maximum absolute atomic E-state index is 12.3. The number of amides is 3. The summed E-state index contributed by atoms with van der Waals surface area (Å²) in [7, 11) is 0. The highest BCUT2D eigenvalue weighted by Gasteiger charge is 2.36. The van der Waals surface area contributed by atoms with Gasteiger partial charge in [-0.05, 0) is 37.6 Å². The lowest BCUT2D eigenvalue weighted by molar-refractivity contribution is -0.121. The molecule has 1 aliphatic rings. The fourth-order valence-corrected chi connectivity index (χ4v) is 3.19. The second-order valence-corrected chi connectivity index (χ2v) is 6.36. The monoisotopic (exact) mass is 365 g/mol. The van der Waals surface area contributed by atoms with Gasteiger partial charge in [0.25, 0.3) is 11.8 Å².